The maximum atomic E-state index is 12.7. The molecule has 7 nitrogen and oxygen atoms in total. The van der Waals surface area contributed by atoms with Crippen LogP contribution in [0, 0.1) is 6.92 Å². The molecule has 0 radical (unpaired) electrons. The lowest BCUT2D eigenvalue weighted by molar-refractivity contribution is -0.135. The Bertz CT molecular complexity index is 890. The average Bonchev–Trinajstić information content (AvgIpc) is 3.01. The van der Waals surface area contributed by atoms with Gasteiger partial charge in [0.15, 0.2) is 0 Å². The van der Waals surface area contributed by atoms with Gasteiger partial charge in [-0.1, -0.05) is 19.1 Å². The lowest BCUT2D eigenvalue weighted by Gasteiger charge is -2.25. The molecule has 1 aliphatic heterocycles. The second-order valence-electron chi connectivity index (χ2n) is 6.42. The summed E-state index contributed by atoms with van der Waals surface area (Å²) in [5.74, 6) is 0.278. The van der Waals surface area contributed by atoms with E-state index in [1.165, 1.54) is 6.07 Å². The molecule has 2 amide bonds. The van der Waals surface area contributed by atoms with Crippen molar-refractivity contribution in [1.29, 1.82) is 0 Å². The highest BCUT2D eigenvalue weighted by molar-refractivity contribution is 5.97. The highest BCUT2D eigenvalue weighted by atomic mass is 16.2. The van der Waals surface area contributed by atoms with Gasteiger partial charge in [0.2, 0.25) is 11.8 Å². The first-order chi connectivity index (χ1) is 12.5. The molecule has 1 aliphatic rings. The van der Waals surface area contributed by atoms with E-state index in [4.69, 9.17) is 0 Å². The molecule has 1 atom stereocenters. The van der Waals surface area contributed by atoms with Crippen LogP contribution in [0.15, 0.2) is 35.1 Å². The number of aromatic amines is 1. The van der Waals surface area contributed by atoms with Gasteiger partial charge in [0.25, 0.3) is 5.56 Å². The SMILES string of the molecule is CC[C@H](C(=O)Nc1cccc(-c2nc(C)cc(=O)[nH]2)c1)N1CCCC1=O. The standard InChI is InChI=1S/C19H22N4O3/c1-3-15(23-9-5-8-17(23)25)19(26)21-14-7-4-6-13(11-14)18-20-12(2)10-16(24)22-18/h4,6-7,10-11,15H,3,5,8-9H2,1-2H3,(H,21,26)(H,20,22,24)/t15-/m1/s1. The van der Waals surface area contributed by atoms with Crippen LogP contribution < -0.4 is 10.9 Å². The summed E-state index contributed by atoms with van der Waals surface area (Å²) >= 11 is 0. The average molecular weight is 354 g/mol. The van der Waals surface area contributed by atoms with Crippen molar-refractivity contribution in [3.05, 3.63) is 46.4 Å². The number of carbonyl (C=O) groups is 2. The van der Waals surface area contributed by atoms with Gasteiger partial charge in [-0.15, -0.1) is 0 Å². The number of hydrogen-bond donors (Lipinski definition) is 2. The molecule has 1 aromatic heterocycles. The largest absolute Gasteiger partial charge is 0.331 e. The van der Waals surface area contributed by atoms with Crippen LogP contribution in [0.25, 0.3) is 11.4 Å². The number of rotatable bonds is 5. The predicted octanol–water partition coefficient (Wildman–Crippen LogP) is 2.08. The third kappa shape index (κ3) is 3.82. The first kappa shape index (κ1) is 17.8. The van der Waals surface area contributed by atoms with Crippen molar-refractivity contribution < 1.29 is 9.59 Å². The number of benzene rings is 1. The van der Waals surface area contributed by atoms with Crippen LogP contribution in [0.4, 0.5) is 5.69 Å². The minimum atomic E-state index is -0.467. The lowest BCUT2D eigenvalue weighted by Crippen LogP contribution is -2.44. The molecule has 1 aromatic carbocycles. The number of likely N-dealkylation sites (tertiary alicyclic amines) is 1. The smallest absolute Gasteiger partial charge is 0.251 e. The van der Waals surface area contributed by atoms with E-state index in [1.807, 2.05) is 13.0 Å². The van der Waals surface area contributed by atoms with E-state index in [0.717, 1.165) is 6.42 Å². The number of hydrogen-bond acceptors (Lipinski definition) is 4. The van der Waals surface area contributed by atoms with Crippen LogP contribution in [0.1, 0.15) is 31.9 Å². The Morgan fingerprint density at radius 1 is 1.35 bits per heavy atom. The maximum Gasteiger partial charge on any atom is 0.251 e. The molecule has 0 saturated carbocycles. The van der Waals surface area contributed by atoms with Crippen LogP contribution in [-0.4, -0.2) is 39.3 Å². The summed E-state index contributed by atoms with van der Waals surface area (Å²) in [6, 6.07) is 8.09. The lowest BCUT2D eigenvalue weighted by atomic mass is 10.1. The molecule has 0 aliphatic carbocycles. The monoisotopic (exact) mass is 354 g/mol. The number of anilines is 1. The minimum absolute atomic E-state index is 0.0299. The fourth-order valence-corrected chi connectivity index (χ4v) is 3.23. The number of nitrogens with zero attached hydrogens (tertiary/aromatic N) is 2. The normalized spacial score (nSPS) is 15.2. The van der Waals surface area contributed by atoms with Gasteiger partial charge < -0.3 is 15.2 Å². The van der Waals surface area contributed by atoms with Crippen LogP contribution in [0.2, 0.25) is 0 Å². The topological polar surface area (TPSA) is 95.2 Å². The van der Waals surface area contributed by atoms with Gasteiger partial charge in [-0.3, -0.25) is 14.4 Å². The summed E-state index contributed by atoms with van der Waals surface area (Å²) in [7, 11) is 0. The summed E-state index contributed by atoms with van der Waals surface area (Å²) < 4.78 is 0. The Kier molecular flexibility index (Phi) is 5.16. The van der Waals surface area contributed by atoms with E-state index in [0.29, 0.717) is 42.2 Å². The van der Waals surface area contributed by atoms with Crippen molar-refractivity contribution >= 4 is 17.5 Å². The molecule has 26 heavy (non-hydrogen) atoms. The molecule has 7 heteroatoms. The third-order valence-electron chi connectivity index (χ3n) is 4.45. The number of amides is 2. The van der Waals surface area contributed by atoms with Gasteiger partial charge >= 0.3 is 0 Å². The van der Waals surface area contributed by atoms with Crippen molar-refractivity contribution in [2.45, 2.75) is 39.2 Å². The molecule has 0 bridgehead atoms. The molecular formula is C19H22N4O3. The Balaban J connectivity index is 1.80. The molecule has 3 rings (SSSR count). The Morgan fingerprint density at radius 2 is 2.15 bits per heavy atom. The molecule has 0 spiro atoms. The summed E-state index contributed by atoms with van der Waals surface area (Å²) in [6.45, 7) is 4.27. The molecule has 0 unspecified atom stereocenters. The number of aromatic nitrogens is 2. The highest BCUT2D eigenvalue weighted by Crippen LogP contribution is 2.21. The summed E-state index contributed by atoms with van der Waals surface area (Å²) in [4.78, 5) is 44.9. The van der Waals surface area contributed by atoms with Crippen LogP contribution >= 0.6 is 0 Å². The van der Waals surface area contributed by atoms with E-state index in [1.54, 1.807) is 30.0 Å². The first-order valence-corrected chi connectivity index (χ1v) is 8.76. The van der Waals surface area contributed by atoms with Crippen molar-refractivity contribution in [3.8, 4) is 11.4 Å². The van der Waals surface area contributed by atoms with Crippen molar-refractivity contribution in [3.63, 3.8) is 0 Å². The van der Waals surface area contributed by atoms with Crippen LogP contribution in [0.3, 0.4) is 0 Å². The molecule has 1 saturated heterocycles. The fourth-order valence-electron chi connectivity index (χ4n) is 3.23. The zero-order valence-corrected chi connectivity index (χ0v) is 14.9. The number of carbonyl (C=O) groups excluding carboxylic acids is 2. The summed E-state index contributed by atoms with van der Waals surface area (Å²) in [5.41, 5.74) is 1.70. The Labute approximate surface area is 151 Å². The van der Waals surface area contributed by atoms with Crippen LogP contribution in [-0.2, 0) is 9.59 Å². The molecular weight excluding hydrogens is 332 g/mol. The summed E-state index contributed by atoms with van der Waals surface area (Å²) in [6.07, 6.45) is 1.86. The van der Waals surface area contributed by atoms with Gasteiger partial charge in [-0.05, 0) is 31.9 Å². The maximum absolute atomic E-state index is 12.7. The molecule has 2 N–H and O–H groups in total. The van der Waals surface area contributed by atoms with E-state index in [9.17, 15) is 14.4 Å². The third-order valence-corrected chi connectivity index (χ3v) is 4.45. The van der Waals surface area contributed by atoms with Gasteiger partial charge in [0.05, 0.1) is 0 Å². The minimum Gasteiger partial charge on any atom is -0.331 e. The quantitative estimate of drug-likeness (QED) is 0.859. The van der Waals surface area contributed by atoms with Crippen molar-refractivity contribution in [2.24, 2.45) is 0 Å². The van der Waals surface area contributed by atoms with E-state index >= 15 is 0 Å². The predicted molar refractivity (Wildman–Crippen MR) is 98.7 cm³/mol. The number of aryl methyl sites for hydroxylation is 1. The van der Waals surface area contributed by atoms with E-state index < -0.39 is 6.04 Å². The zero-order valence-electron chi connectivity index (χ0n) is 14.9. The molecule has 2 aromatic rings. The second-order valence-corrected chi connectivity index (χ2v) is 6.42. The molecule has 2 heterocycles. The number of H-pyrrole nitrogens is 1. The van der Waals surface area contributed by atoms with E-state index in [-0.39, 0.29) is 17.4 Å². The van der Waals surface area contributed by atoms with Gasteiger partial charge in [0, 0.05) is 36.0 Å². The van der Waals surface area contributed by atoms with Gasteiger partial charge in [-0.25, -0.2) is 4.98 Å². The summed E-state index contributed by atoms with van der Waals surface area (Å²) in [5, 5.41) is 2.88. The van der Waals surface area contributed by atoms with Crippen LogP contribution in [0.5, 0.6) is 0 Å². The zero-order chi connectivity index (χ0) is 18.7. The Hall–Kier alpha value is -2.96. The second kappa shape index (κ2) is 7.51. The Morgan fingerprint density at radius 3 is 2.81 bits per heavy atom. The van der Waals surface area contributed by atoms with Crippen molar-refractivity contribution in [1.82, 2.24) is 14.9 Å². The van der Waals surface area contributed by atoms with Gasteiger partial charge in [0.1, 0.15) is 11.9 Å². The molecule has 1 fully saturated rings. The highest BCUT2D eigenvalue weighted by Gasteiger charge is 2.31. The van der Waals surface area contributed by atoms with E-state index in [2.05, 4.69) is 15.3 Å². The number of nitrogens with one attached hydrogen (secondary N) is 2. The fraction of sp³-hybridized carbons (Fsp3) is 0.368. The molecule has 136 valence electrons. The first-order valence-electron chi connectivity index (χ1n) is 8.76. The van der Waals surface area contributed by atoms with Gasteiger partial charge in [-0.2, -0.15) is 0 Å². The van der Waals surface area contributed by atoms with Crippen molar-refractivity contribution in [2.75, 3.05) is 11.9 Å².